The molecule has 0 spiro atoms. The van der Waals surface area contributed by atoms with Crippen LogP contribution in [0.2, 0.25) is 0 Å². The lowest BCUT2D eigenvalue weighted by Crippen LogP contribution is -2.12. The molecule has 3 heteroatoms. The fourth-order valence-corrected chi connectivity index (χ4v) is 2.92. The lowest BCUT2D eigenvalue weighted by atomic mass is 9.93. The van der Waals surface area contributed by atoms with Gasteiger partial charge in [0.1, 0.15) is 5.75 Å². The molecule has 2 aromatic rings. The highest BCUT2D eigenvalue weighted by Gasteiger charge is 2.18. The van der Waals surface area contributed by atoms with Crippen LogP contribution in [-0.4, -0.2) is 17.2 Å². The van der Waals surface area contributed by atoms with Gasteiger partial charge in [0.2, 0.25) is 0 Å². The molecule has 1 aliphatic carbocycles. The lowest BCUT2D eigenvalue weighted by molar-refractivity contribution is 0.155. The molecule has 1 atom stereocenters. The van der Waals surface area contributed by atoms with Crippen molar-refractivity contribution in [2.45, 2.75) is 38.2 Å². The minimum atomic E-state index is -0.325. The fraction of sp³-hybridized carbons (Fsp3) is 0.389. The van der Waals surface area contributed by atoms with Gasteiger partial charge < -0.3 is 9.84 Å². The Balaban J connectivity index is 1.70. The molecule has 1 aromatic heterocycles. The molecule has 3 nitrogen and oxygen atoms in total. The third-order valence-electron chi connectivity index (χ3n) is 4.12. The Labute approximate surface area is 125 Å². The number of aryl methyl sites for hydroxylation is 3. The van der Waals surface area contributed by atoms with Crippen molar-refractivity contribution in [3.8, 4) is 5.75 Å². The average Bonchev–Trinajstić information content (AvgIpc) is 2.53. The number of pyridine rings is 1. The molecule has 1 N–H and O–H groups in total. The van der Waals surface area contributed by atoms with Crippen LogP contribution in [0, 0.1) is 0 Å². The van der Waals surface area contributed by atoms with Crippen LogP contribution < -0.4 is 4.74 Å². The Morgan fingerprint density at radius 2 is 2.14 bits per heavy atom. The van der Waals surface area contributed by atoms with E-state index >= 15 is 0 Å². The second-order valence-corrected chi connectivity index (χ2v) is 5.60. The number of aliphatic hydroxyl groups excluding tert-OH is 1. The van der Waals surface area contributed by atoms with Crippen LogP contribution in [0.15, 0.2) is 36.4 Å². The van der Waals surface area contributed by atoms with Gasteiger partial charge in [0.15, 0.2) is 0 Å². The number of benzene rings is 1. The van der Waals surface area contributed by atoms with E-state index in [2.05, 4.69) is 12.1 Å². The summed E-state index contributed by atoms with van der Waals surface area (Å²) < 4.78 is 5.25. The van der Waals surface area contributed by atoms with Crippen LogP contribution >= 0.6 is 0 Å². The van der Waals surface area contributed by atoms with Crippen LogP contribution in [0.25, 0.3) is 0 Å². The molecule has 0 aliphatic heterocycles. The molecule has 0 radical (unpaired) electrons. The van der Waals surface area contributed by atoms with Gasteiger partial charge in [-0.3, -0.25) is 4.98 Å². The maximum absolute atomic E-state index is 9.96. The molecule has 1 unspecified atom stereocenters. The van der Waals surface area contributed by atoms with Gasteiger partial charge in [-0.1, -0.05) is 18.2 Å². The summed E-state index contributed by atoms with van der Waals surface area (Å²) in [6.07, 6.45) is 4.41. The number of aliphatic hydroxyl groups is 1. The maximum Gasteiger partial charge on any atom is 0.119 e. The van der Waals surface area contributed by atoms with Gasteiger partial charge in [0.05, 0.1) is 13.2 Å². The molecule has 0 fully saturated rings. The first kappa shape index (κ1) is 14.1. The van der Waals surface area contributed by atoms with Crippen molar-refractivity contribution in [3.63, 3.8) is 0 Å². The van der Waals surface area contributed by atoms with E-state index in [1.807, 2.05) is 24.3 Å². The summed E-state index contributed by atoms with van der Waals surface area (Å²) in [6, 6.07) is 12.3. The van der Waals surface area contributed by atoms with Gasteiger partial charge in [-0.2, -0.15) is 0 Å². The smallest absolute Gasteiger partial charge is 0.119 e. The molecule has 1 aliphatic rings. The SMILES string of the molecule is COc1cccc(CCc2ccc3c(n2)CCCC3O)c1. The van der Waals surface area contributed by atoms with E-state index in [0.29, 0.717) is 0 Å². The largest absolute Gasteiger partial charge is 0.497 e. The number of rotatable bonds is 4. The number of ether oxygens (including phenoxy) is 1. The quantitative estimate of drug-likeness (QED) is 0.936. The predicted octanol–water partition coefficient (Wildman–Crippen LogP) is 3.25. The zero-order chi connectivity index (χ0) is 14.7. The molecule has 1 heterocycles. The molecular weight excluding hydrogens is 262 g/mol. The summed E-state index contributed by atoms with van der Waals surface area (Å²) in [4.78, 5) is 4.73. The molecule has 3 rings (SSSR count). The summed E-state index contributed by atoms with van der Waals surface area (Å²) in [6.45, 7) is 0. The summed E-state index contributed by atoms with van der Waals surface area (Å²) in [5.74, 6) is 0.897. The lowest BCUT2D eigenvalue weighted by Gasteiger charge is -2.20. The summed E-state index contributed by atoms with van der Waals surface area (Å²) >= 11 is 0. The molecule has 1 aromatic carbocycles. The zero-order valence-electron chi connectivity index (χ0n) is 12.4. The standard InChI is InChI=1S/C18H21NO2/c1-21-15-5-2-4-13(12-15)8-9-14-10-11-16-17(19-14)6-3-7-18(16)20/h2,4-5,10-12,18,20H,3,6-9H2,1H3. The van der Waals surface area contributed by atoms with Crippen molar-refractivity contribution in [2.75, 3.05) is 7.11 Å². The Bertz CT molecular complexity index is 624. The van der Waals surface area contributed by atoms with Crippen LogP contribution in [0.5, 0.6) is 5.75 Å². The minimum Gasteiger partial charge on any atom is -0.497 e. The summed E-state index contributed by atoms with van der Waals surface area (Å²) in [5.41, 5.74) is 4.46. The fourth-order valence-electron chi connectivity index (χ4n) is 2.92. The van der Waals surface area contributed by atoms with Gasteiger partial charge in [-0.15, -0.1) is 0 Å². The third kappa shape index (κ3) is 3.24. The van der Waals surface area contributed by atoms with Gasteiger partial charge in [-0.25, -0.2) is 0 Å². The molecule has 0 amide bonds. The van der Waals surface area contributed by atoms with Crippen molar-refractivity contribution in [2.24, 2.45) is 0 Å². The predicted molar refractivity (Wildman–Crippen MR) is 82.5 cm³/mol. The van der Waals surface area contributed by atoms with Crippen LogP contribution in [0.1, 0.15) is 41.5 Å². The monoisotopic (exact) mass is 283 g/mol. The van der Waals surface area contributed by atoms with Crippen LogP contribution in [0.4, 0.5) is 0 Å². The van der Waals surface area contributed by atoms with Crippen molar-refractivity contribution in [1.29, 1.82) is 0 Å². The van der Waals surface area contributed by atoms with Crippen molar-refractivity contribution >= 4 is 0 Å². The topological polar surface area (TPSA) is 42.4 Å². The molecular formula is C18H21NO2. The number of hydrogen-bond acceptors (Lipinski definition) is 3. The van der Waals surface area contributed by atoms with Gasteiger partial charge in [-0.05, 0) is 55.9 Å². The number of nitrogens with zero attached hydrogens (tertiary/aromatic N) is 1. The van der Waals surface area contributed by atoms with E-state index in [0.717, 1.165) is 54.8 Å². The second-order valence-electron chi connectivity index (χ2n) is 5.60. The van der Waals surface area contributed by atoms with Gasteiger partial charge >= 0.3 is 0 Å². The molecule has 110 valence electrons. The summed E-state index contributed by atoms with van der Waals surface area (Å²) in [7, 11) is 1.69. The Hall–Kier alpha value is -1.87. The Morgan fingerprint density at radius 3 is 3.00 bits per heavy atom. The minimum absolute atomic E-state index is 0.325. The highest BCUT2D eigenvalue weighted by molar-refractivity contribution is 5.30. The van der Waals surface area contributed by atoms with E-state index < -0.39 is 0 Å². The van der Waals surface area contributed by atoms with Crippen molar-refractivity contribution < 1.29 is 9.84 Å². The molecule has 0 saturated heterocycles. The Kier molecular flexibility index (Phi) is 4.20. The average molecular weight is 283 g/mol. The van der Waals surface area contributed by atoms with E-state index in [1.54, 1.807) is 7.11 Å². The second kappa shape index (κ2) is 6.27. The highest BCUT2D eigenvalue weighted by atomic mass is 16.5. The van der Waals surface area contributed by atoms with Crippen LogP contribution in [-0.2, 0) is 19.3 Å². The highest BCUT2D eigenvalue weighted by Crippen LogP contribution is 2.28. The molecule has 21 heavy (non-hydrogen) atoms. The van der Waals surface area contributed by atoms with Crippen molar-refractivity contribution in [1.82, 2.24) is 4.98 Å². The van der Waals surface area contributed by atoms with E-state index in [9.17, 15) is 5.11 Å². The number of aromatic nitrogens is 1. The zero-order valence-corrected chi connectivity index (χ0v) is 12.4. The Morgan fingerprint density at radius 1 is 1.24 bits per heavy atom. The third-order valence-corrected chi connectivity index (χ3v) is 4.12. The summed E-state index contributed by atoms with van der Waals surface area (Å²) in [5, 5.41) is 9.96. The normalized spacial score (nSPS) is 17.3. The number of hydrogen-bond donors (Lipinski definition) is 1. The number of methoxy groups -OCH3 is 1. The molecule has 0 bridgehead atoms. The first-order valence-electron chi connectivity index (χ1n) is 7.56. The van der Waals surface area contributed by atoms with E-state index in [1.165, 1.54) is 5.56 Å². The maximum atomic E-state index is 9.96. The first-order valence-corrected chi connectivity index (χ1v) is 7.56. The van der Waals surface area contributed by atoms with Gasteiger partial charge in [0.25, 0.3) is 0 Å². The van der Waals surface area contributed by atoms with E-state index in [-0.39, 0.29) is 6.10 Å². The van der Waals surface area contributed by atoms with Crippen molar-refractivity contribution in [3.05, 3.63) is 58.9 Å². The van der Waals surface area contributed by atoms with E-state index in [4.69, 9.17) is 9.72 Å². The first-order chi connectivity index (χ1) is 10.3. The van der Waals surface area contributed by atoms with Gasteiger partial charge in [0, 0.05) is 17.0 Å². The van der Waals surface area contributed by atoms with Crippen LogP contribution in [0.3, 0.4) is 0 Å². The number of fused-ring (bicyclic) bond motifs is 1. The molecule has 0 saturated carbocycles.